The predicted molar refractivity (Wildman–Crippen MR) is 99.3 cm³/mol. The average molecular weight is 377 g/mol. The molecule has 4 heterocycles. The van der Waals surface area contributed by atoms with Crippen molar-refractivity contribution in [3.8, 4) is 21.3 Å². The normalized spacial score (nSPS) is 11.2. The zero-order valence-electron chi connectivity index (χ0n) is 12.2. The SMILES string of the molecule is Cn1c(SCc2csc(-c3ccsc3)n2)nnc1-c1cccs1. The molecule has 0 aliphatic rings. The van der Waals surface area contributed by atoms with E-state index in [2.05, 4.69) is 43.9 Å². The van der Waals surface area contributed by atoms with Gasteiger partial charge in [0.05, 0.1) is 10.6 Å². The lowest BCUT2D eigenvalue weighted by Gasteiger charge is -2.01. The molecule has 0 saturated carbocycles. The topological polar surface area (TPSA) is 43.6 Å². The molecular formula is C15H12N4S4. The third-order valence-electron chi connectivity index (χ3n) is 3.25. The van der Waals surface area contributed by atoms with Gasteiger partial charge in [0.1, 0.15) is 5.01 Å². The van der Waals surface area contributed by atoms with E-state index in [-0.39, 0.29) is 0 Å². The number of rotatable bonds is 5. The van der Waals surface area contributed by atoms with Gasteiger partial charge in [0.25, 0.3) is 0 Å². The van der Waals surface area contributed by atoms with Gasteiger partial charge in [0.15, 0.2) is 11.0 Å². The van der Waals surface area contributed by atoms with Crippen LogP contribution in [0.1, 0.15) is 5.69 Å². The summed E-state index contributed by atoms with van der Waals surface area (Å²) in [5.74, 6) is 1.72. The van der Waals surface area contributed by atoms with E-state index < -0.39 is 0 Å². The summed E-state index contributed by atoms with van der Waals surface area (Å²) in [6.45, 7) is 0. The fourth-order valence-corrected chi connectivity index (χ4v) is 5.28. The van der Waals surface area contributed by atoms with Crippen molar-refractivity contribution < 1.29 is 0 Å². The minimum atomic E-state index is 0.803. The fraction of sp³-hybridized carbons (Fsp3) is 0.133. The third-order valence-corrected chi connectivity index (χ3v) is 6.79. The summed E-state index contributed by atoms with van der Waals surface area (Å²) in [4.78, 5) is 5.84. The summed E-state index contributed by atoms with van der Waals surface area (Å²) in [6.07, 6.45) is 0. The van der Waals surface area contributed by atoms with Crippen molar-refractivity contribution >= 4 is 45.8 Å². The van der Waals surface area contributed by atoms with E-state index in [1.165, 1.54) is 5.56 Å². The summed E-state index contributed by atoms with van der Waals surface area (Å²) in [6, 6.07) is 6.20. The van der Waals surface area contributed by atoms with Crippen LogP contribution in [0.5, 0.6) is 0 Å². The Hall–Kier alpha value is -1.48. The van der Waals surface area contributed by atoms with Crippen LogP contribution in [0.25, 0.3) is 21.3 Å². The monoisotopic (exact) mass is 376 g/mol. The van der Waals surface area contributed by atoms with Gasteiger partial charge in [0.2, 0.25) is 0 Å². The maximum atomic E-state index is 4.70. The molecule has 8 heteroatoms. The molecule has 4 aromatic heterocycles. The van der Waals surface area contributed by atoms with Gasteiger partial charge in [-0.3, -0.25) is 0 Å². The van der Waals surface area contributed by atoms with E-state index in [0.29, 0.717) is 0 Å². The molecule has 0 atom stereocenters. The first kappa shape index (κ1) is 15.1. The van der Waals surface area contributed by atoms with E-state index in [1.807, 2.05) is 17.7 Å². The summed E-state index contributed by atoms with van der Waals surface area (Å²) < 4.78 is 2.04. The maximum absolute atomic E-state index is 4.70. The van der Waals surface area contributed by atoms with E-state index in [0.717, 1.165) is 32.3 Å². The first-order chi connectivity index (χ1) is 11.3. The number of hydrogen-bond donors (Lipinski definition) is 0. The highest BCUT2D eigenvalue weighted by atomic mass is 32.2. The van der Waals surface area contributed by atoms with Gasteiger partial charge in [-0.25, -0.2) is 4.98 Å². The second-order valence-electron chi connectivity index (χ2n) is 4.79. The van der Waals surface area contributed by atoms with E-state index in [1.54, 1.807) is 45.8 Å². The van der Waals surface area contributed by atoms with Crippen molar-refractivity contribution in [3.63, 3.8) is 0 Å². The number of nitrogens with zero attached hydrogens (tertiary/aromatic N) is 4. The standard InChI is InChI=1S/C15H12N4S4/c1-19-13(12-3-2-5-21-12)17-18-15(19)23-9-11-8-22-14(16-11)10-4-6-20-7-10/h2-8H,9H2,1H3. The number of thiophene rings is 2. The summed E-state index contributed by atoms with van der Waals surface area (Å²) in [5, 5.41) is 19.0. The Kier molecular flexibility index (Phi) is 4.30. The molecule has 0 bridgehead atoms. The summed E-state index contributed by atoms with van der Waals surface area (Å²) in [5.41, 5.74) is 2.29. The molecule has 0 fully saturated rings. The smallest absolute Gasteiger partial charge is 0.191 e. The van der Waals surface area contributed by atoms with Gasteiger partial charge < -0.3 is 4.57 Å². The lowest BCUT2D eigenvalue weighted by atomic mass is 10.4. The third kappa shape index (κ3) is 3.12. The Morgan fingerprint density at radius 3 is 2.87 bits per heavy atom. The minimum absolute atomic E-state index is 0.803. The fourth-order valence-electron chi connectivity index (χ4n) is 2.09. The zero-order chi connectivity index (χ0) is 15.6. The average Bonchev–Trinajstić information content (AvgIpc) is 3.33. The second-order valence-corrected chi connectivity index (χ2v) is 8.32. The van der Waals surface area contributed by atoms with Gasteiger partial charge in [-0.15, -0.1) is 32.9 Å². The molecule has 23 heavy (non-hydrogen) atoms. The van der Waals surface area contributed by atoms with Crippen LogP contribution in [-0.4, -0.2) is 19.7 Å². The first-order valence-electron chi connectivity index (χ1n) is 6.84. The Morgan fingerprint density at radius 1 is 1.13 bits per heavy atom. The number of thiazole rings is 1. The Morgan fingerprint density at radius 2 is 2.09 bits per heavy atom. The molecule has 0 saturated heterocycles. The molecule has 0 unspecified atom stereocenters. The van der Waals surface area contributed by atoms with Crippen molar-refractivity contribution in [1.82, 2.24) is 19.7 Å². The molecule has 0 aromatic carbocycles. The van der Waals surface area contributed by atoms with Gasteiger partial charge in [-0.1, -0.05) is 17.8 Å². The molecule has 0 N–H and O–H groups in total. The number of aromatic nitrogens is 4. The van der Waals surface area contributed by atoms with Crippen molar-refractivity contribution in [2.75, 3.05) is 0 Å². The van der Waals surface area contributed by atoms with Crippen LogP contribution in [0.2, 0.25) is 0 Å². The summed E-state index contributed by atoms with van der Waals surface area (Å²) in [7, 11) is 2.01. The van der Waals surface area contributed by atoms with Crippen LogP contribution in [0, 0.1) is 0 Å². The largest absolute Gasteiger partial charge is 0.304 e. The van der Waals surface area contributed by atoms with Crippen LogP contribution >= 0.6 is 45.8 Å². The first-order valence-corrected chi connectivity index (χ1v) is 10.5. The van der Waals surface area contributed by atoms with E-state index >= 15 is 0 Å². The maximum Gasteiger partial charge on any atom is 0.191 e. The van der Waals surface area contributed by atoms with E-state index in [9.17, 15) is 0 Å². The Balaban J connectivity index is 1.48. The molecule has 4 rings (SSSR count). The quantitative estimate of drug-likeness (QED) is 0.459. The van der Waals surface area contributed by atoms with Crippen LogP contribution in [0.15, 0.2) is 44.9 Å². The van der Waals surface area contributed by atoms with Crippen molar-refractivity contribution in [2.45, 2.75) is 10.9 Å². The summed E-state index contributed by atoms with van der Waals surface area (Å²) >= 11 is 6.74. The molecular weight excluding hydrogens is 364 g/mol. The zero-order valence-corrected chi connectivity index (χ0v) is 15.4. The van der Waals surface area contributed by atoms with Crippen LogP contribution in [0.4, 0.5) is 0 Å². The van der Waals surface area contributed by atoms with Gasteiger partial charge >= 0.3 is 0 Å². The highest BCUT2D eigenvalue weighted by Crippen LogP contribution is 2.30. The highest BCUT2D eigenvalue weighted by molar-refractivity contribution is 7.98. The molecule has 0 spiro atoms. The molecule has 0 aliphatic carbocycles. The second kappa shape index (κ2) is 6.56. The van der Waals surface area contributed by atoms with Gasteiger partial charge in [-0.2, -0.15) is 11.3 Å². The van der Waals surface area contributed by atoms with Gasteiger partial charge in [-0.05, 0) is 22.9 Å². The van der Waals surface area contributed by atoms with E-state index in [4.69, 9.17) is 4.98 Å². The van der Waals surface area contributed by atoms with Crippen LogP contribution in [-0.2, 0) is 12.8 Å². The molecule has 116 valence electrons. The molecule has 4 nitrogen and oxygen atoms in total. The molecule has 4 aromatic rings. The highest BCUT2D eigenvalue weighted by Gasteiger charge is 2.13. The van der Waals surface area contributed by atoms with Crippen LogP contribution in [0.3, 0.4) is 0 Å². The number of thioether (sulfide) groups is 1. The van der Waals surface area contributed by atoms with Crippen molar-refractivity contribution in [3.05, 3.63) is 45.4 Å². The Labute approximate surface area is 149 Å². The van der Waals surface area contributed by atoms with Crippen molar-refractivity contribution in [2.24, 2.45) is 7.05 Å². The predicted octanol–water partition coefficient (Wildman–Crippen LogP) is 5.02. The Bertz CT molecular complexity index is 890. The molecule has 0 aliphatic heterocycles. The van der Waals surface area contributed by atoms with Gasteiger partial charge in [0, 0.05) is 29.1 Å². The van der Waals surface area contributed by atoms with Crippen LogP contribution < -0.4 is 0 Å². The van der Waals surface area contributed by atoms with Crippen molar-refractivity contribution in [1.29, 1.82) is 0 Å². The molecule has 0 amide bonds. The number of hydrogen-bond acceptors (Lipinski definition) is 7. The lowest BCUT2D eigenvalue weighted by Crippen LogP contribution is -1.94. The minimum Gasteiger partial charge on any atom is -0.304 e. The molecule has 0 radical (unpaired) electrons. The lowest BCUT2D eigenvalue weighted by molar-refractivity contribution is 0.794.